The van der Waals surface area contributed by atoms with Crippen LogP contribution in [0.4, 0.5) is 11.4 Å². The molecule has 0 aliphatic heterocycles. The summed E-state index contributed by atoms with van der Waals surface area (Å²) in [7, 11) is 1.49. The zero-order valence-corrected chi connectivity index (χ0v) is 19.1. The van der Waals surface area contributed by atoms with Gasteiger partial charge in [0.2, 0.25) is 12.0 Å². The van der Waals surface area contributed by atoms with Crippen LogP contribution in [0.3, 0.4) is 0 Å². The van der Waals surface area contributed by atoms with Gasteiger partial charge in [-0.1, -0.05) is 54.1 Å². The fourth-order valence-electron chi connectivity index (χ4n) is 3.20. The van der Waals surface area contributed by atoms with E-state index in [-0.39, 0.29) is 11.5 Å². The van der Waals surface area contributed by atoms with Crippen LogP contribution in [0.5, 0.6) is 5.75 Å². The monoisotopic (exact) mass is 466 g/mol. The number of benzene rings is 3. The average molecular weight is 467 g/mol. The molecule has 0 bridgehead atoms. The summed E-state index contributed by atoms with van der Waals surface area (Å²) in [6.07, 6.45) is -1.25. The first-order valence-corrected chi connectivity index (χ1v) is 10.5. The first-order valence-electron chi connectivity index (χ1n) is 10.1. The number of anilines is 2. The molecule has 8 heteroatoms. The molecule has 0 aliphatic carbocycles. The van der Waals surface area contributed by atoms with E-state index in [0.29, 0.717) is 33.3 Å². The van der Waals surface area contributed by atoms with Crippen molar-refractivity contribution in [2.45, 2.75) is 20.0 Å². The maximum absolute atomic E-state index is 13.1. The van der Waals surface area contributed by atoms with Crippen molar-refractivity contribution in [2.75, 3.05) is 17.7 Å². The molecule has 7 nitrogen and oxygen atoms in total. The molecular weight excluding hydrogens is 444 g/mol. The Kier molecular flexibility index (Phi) is 7.69. The number of ether oxygens (including phenoxy) is 2. The van der Waals surface area contributed by atoms with E-state index in [2.05, 4.69) is 10.6 Å². The highest BCUT2D eigenvalue weighted by atomic mass is 35.5. The van der Waals surface area contributed by atoms with Gasteiger partial charge in [0.15, 0.2) is 0 Å². The molecule has 3 aromatic rings. The van der Waals surface area contributed by atoms with Crippen LogP contribution in [0.25, 0.3) is 0 Å². The minimum absolute atomic E-state index is 0.145. The number of halogens is 1. The summed E-state index contributed by atoms with van der Waals surface area (Å²) in [5, 5.41) is 5.70. The van der Waals surface area contributed by atoms with E-state index in [4.69, 9.17) is 21.1 Å². The number of para-hydroxylation sites is 1. The molecule has 0 saturated heterocycles. The van der Waals surface area contributed by atoms with E-state index in [1.165, 1.54) is 26.2 Å². The summed E-state index contributed by atoms with van der Waals surface area (Å²) in [6, 6.07) is 18.4. The molecule has 0 saturated carbocycles. The highest BCUT2D eigenvalue weighted by Gasteiger charge is 2.27. The first-order chi connectivity index (χ1) is 15.8. The molecular formula is C25H23ClN2O5. The predicted octanol–water partition coefficient (Wildman–Crippen LogP) is 5.15. The molecule has 3 rings (SSSR count). The molecule has 2 amide bonds. The van der Waals surface area contributed by atoms with Gasteiger partial charge in [-0.2, -0.15) is 0 Å². The Morgan fingerprint density at radius 1 is 0.939 bits per heavy atom. The maximum atomic E-state index is 13.1. The summed E-state index contributed by atoms with van der Waals surface area (Å²) in [4.78, 5) is 37.9. The van der Waals surface area contributed by atoms with Crippen molar-refractivity contribution < 1.29 is 23.9 Å². The van der Waals surface area contributed by atoms with E-state index in [9.17, 15) is 14.4 Å². The van der Waals surface area contributed by atoms with Crippen molar-refractivity contribution in [3.63, 3.8) is 0 Å². The quantitative estimate of drug-likeness (QED) is 0.469. The molecule has 170 valence electrons. The minimum atomic E-state index is -1.25. The van der Waals surface area contributed by atoms with Gasteiger partial charge in [-0.05, 0) is 36.8 Å². The van der Waals surface area contributed by atoms with E-state index in [1.807, 2.05) is 0 Å². The Hall–Kier alpha value is -3.84. The number of nitrogens with one attached hydrogen (secondary N) is 2. The largest absolute Gasteiger partial charge is 0.495 e. The molecule has 3 aromatic carbocycles. The van der Waals surface area contributed by atoms with Crippen molar-refractivity contribution in [3.8, 4) is 5.75 Å². The molecule has 33 heavy (non-hydrogen) atoms. The third-order valence-corrected chi connectivity index (χ3v) is 5.07. The second kappa shape index (κ2) is 10.7. The fraction of sp³-hybridized carbons (Fsp3) is 0.160. The van der Waals surface area contributed by atoms with Gasteiger partial charge < -0.3 is 20.1 Å². The third kappa shape index (κ3) is 5.90. The van der Waals surface area contributed by atoms with E-state index < -0.39 is 18.0 Å². The van der Waals surface area contributed by atoms with Gasteiger partial charge in [0.25, 0.3) is 5.91 Å². The standard InChI is InChI=1S/C25H23ClN2O5/c1-15-8-7-11-19(22(15)27-16(2)29)25(31)33-23(17-9-5-4-6-10-17)24(30)28-18-12-13-21(32-3)20(26)14-18/h4-14,23H,1-3H3,(H,27,29)(H,28,30). The molecule has 1 unspecified atom stereocenters. The molecule has 0 radical (unpaired) electrons. The smallest absolute Gasteiger partial charge is 0.341 e. The molecule has 0 heterocycles. The Balaban J connectivity index is 1.90. The van der Waals surface area contributed by atoms with Crippen LogP contribution < -0.4 is 15.4 Å². The van der Waals surface area contributed by atoms with Gasteiger partial charge in [-0.15, -0.1) is 0 Å². The number of aryl methyl sites for hydroxylation is 1. The number of hydrogen-bond donors (Lipinski definition) is 2. The Labute approximate surface area is 196 Å². The van der Waals surface area contributed by atoms with Gasteiger partial charge >= 0.3 is 5.97 Å². The highest BCUT2D eigenvalue weighted by Crippen LogP contribution is 2.29. The molecule has 0 aliphatic rings. The normalized spacial score (nSPS) is 11.3. The van der Waals surface area contributed by atoms with Crippen LogP contribution in [0.1, 0.15) is 34.5 Å². The van der Waals surface area contributed by atoms with E-state index in [0.717, 1.165) is 0 Å². The minimum Gasteiger partial charge on any atom is -0.495 e. The molecule has 0 aromatic heterocycles. The topological polar surface area (TPSA) is 93.7 Å². The maximum Gasteiger partial charge on any atom is 0.341 e. The van der Waals surface area contributed by atoms with Crippen molar-refractivity contribution in [1.29, 1.82) is 0 Å². The number of carbonyl (C=O) groups excluding carboxylic acids is 3. The summed E-state index contributed by atoms with van der Waals surface area (Å²) >= 11 is 6.15. The lowest BCUT2D eigenvalue weighted by Crippen LogP contribution is -2.26. The molecule has 2 N–H and O–H groups in total. The predicted molar refractivity (Wildman–Crippen MR) is 127 cm³/mol. The Bertz CT molecular complexity index is 1180. The van der Waals surface area contributed by atoms with Crippen LogP contribution in [-0.2, 0) is 14.3 Å². The molecule has 0 fully saturated rings. The summed E-state index contributed by atoms with van der Waals surface area (Å²) in [5.41, 5.74) is 2.07. The number of hydrogen-bond acceptors (Lipinski definition) is 5. The number of amides is 2. The number of carbonyl (C=O) groups is 3. The van der Waals surface area contributed by atoms with Gasteiger partial charge in [0.05, 0.1) is 23.4 Å². The first kappa shape index (κ1) is 23.8. The lowest BCUT2D eigenvalue weighted by molar-refractivity contribution is -0.125. The summed E-state index contributed by atoms with van der Waals surface area (Å²) in [6.45, 7) is 3.11. The highest BCUT2D eigenvalue weighted by molar-refractivity contribution is 6.32. The lowest BCUT2D eigenvalue weighted by Gasteiger charge is -2.20. The summed E-state index contributed by atoms with van der Waals surface area (Å²) in [5.74, 6) is -1.18. The van der Waals surface area contributed by atoms with Gasteiger partial charge in [-0.3, -0.25) is 9.59 Å². The third-order valence-electron chi connectivity index (χ3n) is 4.78. The fourth-order valence-corrected chi connectivity index (χ4v) is 3.46. The average Bonchev–Trinajstić information content (AvgIpc) is 2.79. The Morgan fingerprint density at radius 2 is 1.67 bits per heavy atom. The number of esters is 1. The zero-order valence-electron chi connectivity index (χ0n) is 18.3. The van der Waals surface area contributed by atoms with Gasteiger partial charge in [0.1, 0.15) is 5.75 Å². The lowest BCUT2D eigenvalue weighted by atomic mass is 10.1. The SMILES string of the molecule is COc1ccc(NC(=O)C(OC(=O)c2cccc(C)c2NC(C)=O)c2ccccc2)cc1Cl. The van der Waals surface area contributed by atoms with Crippen LogP contribution in [-0.4, -0.2) is 24.9 Å². The van der Waals surface area contributed by atoms with Crippen LogP contribution in [0.2, 0.25) is 5.02 Å². The van der Waals surface area contributed by atoms with Crippen molar-refractivity contribution in [2.24, 2.45) is 0 Å². The second-order valence-electron chi connectivity index (χ2n) is 7.21. The zero-order chi connectivity index (χ0) is 24.0. The van der Waals surface area contributed by atoms with E-state index >= 15 is 0 Å². The second-order valence-corrected chi connectivity index (χ2v) is 7.62. The number of rotatable bonds is 7. The Morgan fingerprint density at radius 3 is 2.30 bits per heavy atom. The van der Waals surface area contributed by atoms with Crippen LogP contribution >= 0.6 is 11.6 Å². The van der Waals surface area contributed by atoms with Crippen molar-refractivity contribution in [1.82, 2.24) is 0 Å². The van der Waals surface area contributed by atoms with Crippen LogP contribution in [0.15, 0.2) is 66.7 Å². The van der Waals surface area contributed by atoms with E-state index in [1.54, 1.807) is 61.5 Å². The van der Waals surface area contributed by atoms with Crippen molar-refractivity contribution >= 4 is 40.8 Å². The van der Waals surface area contributed by atoms with Crippen molar-refractivity contribution in [3.05, 3.63) is 88.4 Å². The number of methoxy groups -OCH3 is 1. The van der Waals surface area contributed by atoms with Gasteiger partial charge in [0, 0.05) is 18.2 Å². The van der Waals surface area contributed by atoms with Crippen LogP contribution in [0, 0.1) is 6.92 Å². The summed E-state index contributed by atoms with van der Waals surface area (Å²) < 4.78 is 10.8. The van der Waals surface area contributed by atoms with Gasteiger partial charge in [-0.25, -0.2) is 4.79 Å². The molecule has 1 atom stereocenters. The molecule has 0 spiro atoms.